The summed E-state index contributed by atoms with van der Waals surface area (Å²) in [5.41, 5.74) is 1.02. The first-order valence-electron chi connectivity index (χ1n) is 10.1. The molecule has 168 valence electrons. The number of ketones is 1. The first-order valence-corrected chi connectivity index (χ1v) is 11.3. The zero-order valence-electron chi connectivity index (χ0n) is 17.7. The average Bonchev–Trinajstić information content (AvgIpc) is 3.24. The van der Waals surface area contributed by atoms with Crippen LogP contribution in [-0.2, 0) is 9.53 Å². The number of rotatable bonds is 10. The van der Waals surface area contributed by atoms with E-state index >= 15 is 0 Å². The largest absolute Gasteiger partial charge is 0.493 e. The molecule has 7 nitrogen and oxygen atoms in total. The van der Waals surface area contributed by atoms with Crippen LogP contribution in [0.15, 0.2) is 30.3 Å². The molecule has 1 saturated heterocycles. The maximum atomic E-state index is 12.5. The lowest BCUT2D eigenvalue weighted by Gasteiger charge is -2.35. The molecule has 1 atom stereocenters. The van der Waals surface area contributed by atoms with Crippen LogP contribution in [0.4, 0.5) is 0 Å². The van der Waals surface area contributed by atoms with Crippen molar-refractivity contribution in [3.63, 3.8) is 0 Å². The highest BCUT2D eigenvalue weighted by molar-refractivity contribution is 7.18. The SMILES string of the molecule is COc1ccc(C(CNC(=O)CCC(=O)c2ccc(Cl)s2)N2CCOCC2)cc1OC. The minimum absolute atomic E-state index is 0.0422. The van der Waals surface area contributed by atoms with Gasteiger partial charge in [0, 0.05) is 32.5 Å². The lowest BCUT2D eigenvalue weighted by molar-refractivity contribution is -0.121. The molecule has 1 N–H and O–H groups in total. The summed E-state index contributed by atoms with van der Waals surface area (Å²) < 4.78 is 16.8. The summed E-state index contributed by atoms with van der Waals surface area (Å²) in [6, 6.07) is 9.13. The van der Waals surface area contributed by atoms with Crippen molar-refractivity contribution in [3.8, 4) is 11.5 Å². The number of nitrogens with one attached hydrogen (secondary N) is 1. The molecule has 1 unspecified atom stereocenters. The van der Waals surface area contributed by atoms with Crippen LogP contribution in [0.3, 0.4) is 0 Å². The smallest absolute Gasteiger partial charge is 0.220 e. The zero-order chi connectivity index (χ0) is 22.2. The highest BCUT2D eigenvalue weighted by Crippen LogP contribution is 2.32. The van der Waals surface area contributed by atoms with Crippen molar-refractivity contribution >= 4 is 34.6 Å². The summed E-state index contributed by atoms with van der Waals surface area (Å²) in [4.78, 5) is 27.5. The Morgan fingerprint density at radius 1 is 1.13 bits per heavy atom. The monoisotopic (exact) mass is 466 g/mol. The highest BCUT2D eigenvalue weighted by Gasteiger charge is 2.24. The third-order valence-corrected chi connectivity index (χ3v) is 6.47. The van der Waals surface area contributed by atoms with Crippen molar-refractivity contribution in [1.82, 2.24) is 10.2 Å². The number of hydrogen-bond acceptors (Lipinski definition) is 7. The van der Waals surface area contributed by atoms with Crippen molar-refractivity contribution in [3.05, 3.63) is 45.1 Å². The van der Waals surface area contributed by atoms with Gasteiger partial charge in [-0.1, -0.05) is 17.7 Å². The molecule has 2 heterocycles. The van der Waals surface area contributed by atoms with Crippen LogP contribution in [0, 0.1) is 0 Å². The number of halogens is 1. The van der Waals surface area contributed by atoms with E-state index < -0.39 is 0 Å². The van der Waals surface area contributed by atoms with Crippen LogP contribution < -0.4 is 14.8 Å². The van der Waals surface area contributed by atoms with E-state index in [1.165, 1.54) is 11.3 Å². The topological polar surface area (TPSA) is 77.1 Å². The first kappa shape index (κ1) is 23.5. The van der Waals surface area contributed by atoms with Gasteiger partial charge in [0.25, 0.3) is 0 Å². The Labute approximate surface area is 191 Å². The maximum absolute atomic E-state index is 12.5. The first-order chi connectivity index (χ1) is 15.0. The summed E-state index contributed by atoms with van der Waals surface area (Å²) in [6.45, 7) is 3.26. The molecule has 1 amide bonds. The quantitative estimate of drug-likeness (QED) is 0.539. The second-order valence-electron chi connectivity index (χ2n) is 7.11. The molecule has 1 aromatic carbocycles. The molecule has 3 rings (SSSR count). The maximum Gasteiger partial charge on any atom is 0.220 e. The molecule has 9 heteroatoms. The van der Waals surface area contributed by atoms with Gasteiger partial charge in [-0.3, -0.25) is 14.5 Å². The van der Waals surface area contributed by atoms with Crippen molar-refractivity contribution in [2.75, 3.05) is 47.1 Å². The number of thiophene rings is 1. The van der Waals surface area contributed by atoms with Crippen molar-refractivity contribution in [2.24, 2.45) is 0 Å². The van der Waals surface area contributed by atoms with Gasteiger partial charge in [0.05, 0.1) is 42.7 Å². The molecule has 0 spiro atoms. The third kappa shape index (κ3) is 6.43. The van der Waals surface area contributed by atoms with Crippen LogP contribution >= 0.6 is 22.9 Å². The number of carbonyl (C=O) groups excluding carboxylic acids is 2. The van der Waals surface area contributed by atoms with Gasteiger partial charge >= 0.3 is 0 Å². The molecular formula is C22H27ClN2O5S. The Balaban J connectivity index is 1.63. The van der Waals surface area contributed by atoms with E-state index in [0.29, 0.717) is 40.5 Å². The normalized spacial score (nSPS) is 15.3. The van der Waals surface area contributed by atoms with Gasteiger partial charge in [0.2, 0.25) is 5.91 Å². The molecule has 2 aromatic rings. The van der Waals surface area contributed by atoms with E-state index in [-0.39, 0.29) is 30.6 Å². The Morgan fingerprint density at radius 2 is 1.87 bits per heavy atom. The van der Waals surface area contributed by atoms with Crippen molar-refractivity contribution < 1.29 is 23.8 Å². The predicted molar refractivity (Wildman–Crippen MR) is 121 cm³/mol. The fourth-order valence-electron chi connectivity index (χ4n) is 3.52. The van der Waals surface area contributed by atoms with E-state index in [1.807, 2.05) is 18.2 Å². The van der Waals surface area contributed by atoms with E-state index in [1.54, 1.807) is 26.4 Å². The lowest BCUT2D eigenvalue weighted by atomic mass is 10.0. The number of morpholine rings is 1. The molecule has 0 bridgehead atoms. The standard InChI is InChI=1S/C22H27ClN2O5S/c1-28-18-5-3-15(13-19(18)29-2)16(25-9-11-30-12-10-25)14-24-22(27)8-4-17(26)20-6-7-21(23)31-20/h3,5-7,13,16H,4,8-12,14H2,1-2H3,(H,24,27). The van der Waals surface area contributed by atoms with E-state index in [4.69, 9.17) is 25.8 Å². The second-order valence-corrected chi connectivity index (χ2v) is 8.82. The second kappa shape index (κ2) is 11.5. The minimum Gasteiger partial charge on any atom is -0.493 e. The molecule has 0 saturated carbocycles. The van der Waals surface area contributed by atoms with Gasteiger partial charge in [0.1, 0.15) is 0 Å². The van der Waals surface area contributed by atoms with Gasteiger partial charge in [-0.15, -0.1) is 11.3 Å². The fourth-order valence-corrected chi connectivity index (χ4v) is 4.53. The number of ether oxygens (including phenoxy) is 3. The summed E-state index contributed by atoms with van der Waals surface area (Å²) >= 11 is 7.11. The molecule has 0 radical (unpaired) electrons. The third-order valence-electron chi connectivity index (χ3n) is 5.20. The van der Waals surface area contributed by atoms with Gasteiger partial charge in [-0.25, -0.2) is 0 Å². The number of benzene rings is 1. The van der Waals surface area contributed by atoms with Gasteiger partial charge in [-0.2, -0.15) is 0 Å². The Kier molecular flexibility index (Phi) is 8.71. The molecule has 1 aliphatic rings. The van der Waals surface area contributed by atoms with Gasteiger partial charge in [0.15, 0.2) is 17.3 Å². The number of carbonyl (C=O) groups is 2. The summed E-state index contributed by atoms with van der Waals surface area (Å²) in [7, 11) is 3.20. The van der Waals surface area contributed by atoms with E-state index in [9.17, 15) is 9.59 Å². The molecule has 0 aliphatic carbocycles. The van der Waals surface area contributed by atoms with Crippen LogP contribution in [0.25, 0.3) is 0 Å². The predicted octanol–water partition coefficient (Wildman–Crippen LogP) is 3.57. The molecule has 1 aromatic heterocycles. The van der Waals surface area contributed by atoms with E-state index in [2.05, 4.69) is 10.2 Å². The van der Waals surface area contributed by atoms with Crippen LogP contribution in [-0.4, -0.2) is 63.7 Å². The van der Waals surface area contributed by atoms with Gasteiger partial charge < -0.3 is 19.5 Å². The van der Waals surface area contributed by atoms with Gasteiger partial charge in [-0.05, 0) is 29.8 Å². The summed E-state index contributed by atoms with van der Waals surface area (Å²) in [5.74, 6) is 1.07. The zero-order valence-corrected chi connectivity index (χ0v) is 19.3. The molecule has 1 aliphatic heterocycles. The number of methoxy groups -OCH3 is 2. The molecule has 31 heavy (non-hydrogen) atoms. The van der Waals surface area contributed by atoms with Crippen LogP contribution in [0.5, 0.6) is 11.5 Å². The average molecular weight is 467 g/mol. The summed E-state index contributed by atoms with van der Waals surface area (Å²) in [6.07, 6.45) is 0.289. The Hall–Kier alpha value is -2.13. The number of amides is 1. The number of hydrogen-bond donors (Lipinski definition) is 1. The fraction of sp³-hybridized carbons (Fsp3) is 0.455. The number of Topliss-reactive ketones (excluding diaryl/α,β-unsaturated/α-hetero) is 1. The van der Waals surface area contributed by atoms with Crippen molar-refractivity contribution in [1.29, 1.82) is 0 Å². The summed E-state index contributed by atoms with van der Waals surface area (Å²) in [5, 5.41) is 2.99. The van der Waals surface area contributed by atoms with Crippen molar-refractivity contribution in [2.45, 2.75) is 18.9 Å². The Bertz CT molecular complexity index is 898. The lowest BCUT2D eigenvalue weighted by Crippen LogP contribution is -2.43. The minimum atomic E-state index is -0.158. The molecular weight excluding hydrogens is 440 g/mol. The molecule has 1 fully saturated rings. The van der Waals surface area contributed by atoms with Crippen LogP contribution in [0.2, 0.25) is 4.34 Å². The van der Waals surface area contributed by atoms with Crippen LogP contribution in [0.1, 0.15) is 34.1 Å². The van der Waals surface area contributed by atoms with E-state index in [0.717, 1.165) is 18.7 Å². The Morgan fingerprint density at radius 3 is 2.52 bits per heavy atom. The highest BCUT2D eigenvalue weighted by atomic mass is 35.5. The number of nitrogens with zero attached hydrogens (tertiary/aromatic N) is 1.